The van der Waals surface area contributed by atoms with Crippen molar-refractivity contribution in [2.24, 2.45) is 0 Å². The maximum absolute atomic E-state index is 12.5. The van der Waals surface area contributed by atoms with Crippen molar-refractivity contribution >= 4 is 33.4 Å². The minimum absolute atomic E-state index is 0.265. The van der Waals surface area contributed by atoms with Crippen LogP contribution in [0.5, 0.6) is 5.75 Å². The number of fused-ring (bicyclic) bond motifs is 1. The van der Waals surface area contributed by atoms with E-state index in [9.17, 15) is 14.4 Å². The number of nitrogens with zero attached hydrogens (tertiary/aromatic N) is 2. The number of carbonyl (C=O) groups excluding carboxylic acids is 2. The van der Waals surface area contributed by atoms with E-state index in [1.54, 1.807) is 36.6 Å². The van der Waals surface area contributed by atoms with Crippen molar-refractivity contribution in [2.45, 2.75) is 6.92 Å². The number of ether oxygens (including phenoxy) is 2. The molecule has 3 rings (SSSR count). The fraction of sp³-hybridized carbons (Fsp3) is 0.176. The third-order valence-electron chi connectivity index (χ3n) is 3.56. The van der Waals surface area contributed by atoms with Gasteiger partial charge in [0.1, 0.15) is 16.4 Å². The minimum atomic E-state index is -0.530. The molecule has 0 atom stereocenters. The average Bonchev–Trinajstić information content (AvgIpc) is 3.11. The van der Waals surface area contributed by atoms with Crippen LogP contribution >= 0.6 is 11.3 Å². The number of aromatic nitrogens is 2. The number of esters is 1. The second-order valence-corrected chi connectivity index (χ2v) is 6.17. The molecule has 0 aliphatic heterocycles. The van der Waals surface area contributed by atoms with Gasteiger partial charge in [0.15, 0.2) is 6.61 Å². The van der Waals surface area contributed by atoms with Crippen LogP contribution in [0.2, 0.25) is 0 Å². The maximum atomic E-state index is 12.5. The summed E-state index contributed by atoms with van der Waals surface area (Å²) in [7, 11) is 1.26. The molecule has 0 aliphatic rings. The Balaban J connectivity index is 1.82. The molecule has 1 amide bonds. The van der Waals surface area contributed by atoms with Crippen LogP contribution in [0.25, 0.3) is 10.2 Å². The Morgan fingerprint density at radius 3 is 2.88 bits per heavy atom. The van der Waals surface area contributed by atoms with Crippen LogP contribution in [0, 0.1) is 6.92 Å². The highest BCUT2D eigenvalue weighted by atomic mass is 32.1. The van der Waals surface area contributed by atoms with E-state index in [0.717, 1.165) is 4.68 Å². The fourth-order valence-corrected chi connectivity index (χ4v) is 3.04. The molecule has 26 heavy (non-hydrogen) atoms. The lowest BCUT2D eigenvalue weighted by Crippen LogP contribution is -2.35. The number of amides is 1. The monoisotopic (exact) mass is 373 g/mol. The largest absolute Gasteiger partial charge is 0.482 e. The smallest absolute Gasteiger partial charge is 0.343 e. The van der Waals surface area contributed by atoms with E-state index < -0.39 is 11.9 Å². The first-order chi connectivity index (χ1) is 12.5. The lowest BCUT2D eigenvalue weighted by atomic mass is 10.2. The highest BCUT2D eigenvalue weighted by Gasteiger charge is 2.13. The Hall–Kier alpha value is -3.20. The molecule has 0 unspecified atom stereocenters. The third kappa shape index (κ3) is 3.57. The first-order valence-electron chi connectivity index (χ1n) is 7.57. The molecule has 0 bridgehead atoms. The molecular formula is C17H15N3O5S. The van der Waals surface area contributed by atoms with Gasteiger partial charge in [0, 0.05) is 5.56 Å². The van der Waals surface area contributed by atoms with Gasteiger partial charge in [-0.15, -0.1) is 11.3 Å². The first kappa shape index (κ1) is 17.6. The van der Waals surface area contributed by atoms with Gasteiger partial charge in [0.2, 0.25) is 0 Å². The van der Waals surface area contributed by atoms with Crippen LogP contribution in [-0.4, -0.2) is 35.3 Å². The molecule has 2 heterocycles. The zero-order valence-corrected chi connectivity index (χ0v) is 14.8. The van der Waals surface area contributed by atoms with Crippen molar-refractivity contribution in [3.63, 3.8) is 0 Å². The summed E-state index contributed by atoms with van der Waals surface area (Å²) in [5.74, 6) is -0.331. The Labute approximate surface area is 152 Å². The summed E-state index contributed by atoms with van der Waals surface area (Å²) in [6.45, 7) is 1.37. The summed E-state index contributed by atoms with van der Waals surface area (Å²) in [6.07, 6.45) is 0. The van der Waals surface area contributed by atoms with Crippen LogP contribution in [0.3, 0.4) is 0 Å². The molecule has 0 fully saturated rings. The summed E-state index contributed by atoms with van der Waals surface area (Å²) in [5, 5.41) is 2.21. The number of hydrogen-bond donors (Lipinski definition) is 1. The molecule has 0 radical (unpaired) electrons. The van der Waals surface area contributed by atoms with E-state index >= 15 is 0 Å². The van der Waals surface area contributed by atoms with E-state index in [2.05, 4.69) is 15.1 Å². The number of hydrogen-bond acceptors (Lipinski definition) is 7. The molecule has 0 spiro atoms. The van der Waals surface area contributed by atoms with E-state index in [1.165, 1.54) is 24.5 Å². The molecule has 1 aromatic carbocycles. The number of nitrogens with one attached hydrogen (secondary N) is 1. The Kier molecular flexibility index (Phi) is 4.99. The number of methoxy groups -OCH3 is 1. The lowest BCUT2D eigenvalue weighted by Gasteiger charge is -2.11. The summed E-state index contributed by atoms with van der Waals surface area (Å²) in [4.78, 5) is 41.1. The summed E-state index contributed by atoms with van der Waals surface area (Å²) < 4.78 is 10.9. The number of aryl methyl sites for hydroxylation is 1. The number of benzene rings is 1. The molecular weight excluding hydrogens is 358 g/mol. The normalized spacial score (nSPS) is 10.5. The SMILES string of the molecule is COC(=O)COc1cccc(C(=O)Nn2c(C)nc3sccc3c2=O)c1. The molecule has 8 nitrogen and oxygen atoms in total. The first-order valence-corrected chi connectivity index (χ1v) is 8.45. The highest BCUT2D eigenvalue weighted by Crippen LogP contribution is 2.16. The molecule has 0 saturated heterocycles. The van der Waals surface area contributed by atoms with Gasteiger partial charge in [0.25, 0.3) is 11.5 Å². The van der Waals surface area contributed by atoms with Crippen molar-refractivity contribution < 1.29 is 19.1 Å². The molecule has 0 aliphatic carbocycles. The van der Waals surface area contributed by atoms with Crippen molar-refractivity contribution in [3.8, 4) is 5.75 Å². The van der Waals surface area contributed by atoms with Gasteiger partial charge in [-0.3, -0.25) is 15.0 Å². The summed E-state index contributed by atoms with van der Waals surface area (Å²) in [6, 6.07) is 7.92. The number of rotatable bonds is 5. The quantitative estimate of drug-likeness (QED) is 0.684. The van der Waals surface area contributed by atoms with Gasteiger partial charge < -0.3 is 9.47 Å². The van der Waals surface area contributed by atoms with Crippen molar-refractivity contribution in [1.82, 2.24) is 9.66 Å². The Bertz CT molecular complexity index is 1040. The zero-order valence-electron chi connectivity index (χ0n) is 14.0. The predicted molar refractivity (Wildman–Crippen MR) is 96.3 cm³/mol. The van der Waals surface area contributed by atoms with Crippen molar-refractivity contribution in [1.29, 1.82) is 0 Å². The maximum Gasteiger partial charge on any atom is 0.343 e. The van der Waals surface area contributed by atoms with E-state index in [4.69, 9.17) is 4.74 Å². The number of carbonyl (C=O) groups is 2. The van der Waals surface area contributed by atoms with Gasteiger partial charge in [-0.1, -0.05) is 6.07 Å². The average molecular weight is 373 g/mol. The van der Waals surface area contributed by atoms with Gasteiger partial charge in [-0.2, -0.15) is 0 Å². The third-order valence-corrected chi connectivity index (χ3v) is 4.37. The topological polar surface area (TPSA) is 99.5 Å². The van der Waals surface area contributed by atoms with Crippen molar-refractivity contribution in [3.05, 3.63) is 57.5 Å². The van der Waals surface area contributed by atoms with Crippen LogP contribution in [0.4, 0.5) is 0 Å². The molecule has 134 valence electrons. The lowest BCUT2D eigenvalue weighted by molar-refractivity contribution is -0.142. The molecule has 2 aromatic heterocycles. The van der Waals surface area contributed by atoms with E-state index in [1.807, 2.05) is 0 Å². The summed E-state index contributed by atoms with van der Waals surface area (Å²) >= 11 is 1.36. The van der Waals surface area contributed by atoms with E-state index in [-0.39, 0.29) is 17.7 Å². The summed E-state index contributed by atoms with van der Waals surface area (Å²) in [5.41, 5.74) is 2.46. The van der Waals surface area contributed by atoms with Gasteiger partial charge in [-0.25, -0.2) is 14.5 Å². The van der Waals surface area contributed by atoms with Crippen LogP contribution in [0.1, 0.15) is 16.2 Å². The minimum Gasteiger partial charge on any atom is -0.482 e. The van der Waals surface area contributed by atoms with Crippen molar-refractivity contribution in [2.75, 3.05) is 19.1 Å². The highest BCUT2D eigenvalue weighted by molar-refractivity contribution is 7.16. The Morgan fingerprint density at radius 1 is 1.31 bits per heavy atom. The molecule has 0 saturated carbocycles. The Morgan fingerprint density at radius 2 is 2.12 bits per heavy atom. The fourth-order valence-electron chi connectivity index (χ4n) is 2.24. The zero-order chi connectivity index (χ0) is 18.7. The molecule has 3 aromatic rings. The van der Waals surface area contributed by atoms with Crippen LogP contribution in [0.15, 0.2) is 40.5 Å². The second kappa shape index (κ2) is 7.36. The van der Waals surface area contributed by atoms with Crippen LogP contribution in [-0.2, 0) is 9.53 Å². The van der Waals surface area contributed by atoms with Gasteiger partial charge in [-0.05, 0) is 36.6 Å². The molecule has 9 heteroatoms. The standard InChI is InChI=1S/C17H15N3O5S/c1-10-18-16-13(6-7-26-16)17(23)20(10)19-15(22)11-4-3-5-12(8-11)25-9-14(21)24-2/h3-8H,9H2,1-2H3,(H,19,22). The van der Waals surface area contributed by atoms with Gasteiger partial charge in [0.05, 0.1) is 12.5 Å². The number of thiophene rings is 1. The van der Waals surface area contributed by atoms with E-state index in [0.29, 0.717) is 21.8 Å². The van der Waals surface area contributed by atoms with Crippen LogP contribution < -0.4 is 15.7 Å². The molecule has 1 N–H and O–H groups in total. The second-order valence-electron chi connectivity index (χ2n) is 5.27. The predicted octanol–water partition coefficient (Wildman–Crippen LogP) is 1.70. The van der Waals surface area contributed by atoms with Gasteiger partial charge >= 0.3 is 5.97 Å².